The Hall–Kier alpha value is -2.60. The van der Waals surface area contributed by atoms with E-state index in [-0.39, 0.29) is 24.2 Å². The van der Waals surface area contributed by atoms with Gasteiger partial charge < -0.3 is 14.8 Å². The molecule has 0 bridgehead atoms. The first-order valence-corrected chi connectivity index (χ1v) is 10.2. The van der Waals surface area contributed by atoms with Crippen LogP contribution in [-0.2, 0) is 27.2 Å². The van der Waals surface area contributed by atoms with Gasteiger partial charge in [0.1, 0.15) is 5.75 Å². The summed E-state index contributed by atoms with van der Waals surface area (Å²) in [6, 6.07) is 11.4. The topological polar surface area (TPSA) is 64.6 Å². The van der Waals surface area contributed by atoms with Gasteiger partial charge in [-0.3, -0.25) is 9.59 Å². The van der Waals surface area contributed by atoms with Crippen LogP contribution in [0.25, 0.3) is 0 Å². The zero-order valence-corrected chi connectivity index (χ0v) is 16.6. The molecule has 1 N–H and O–H groups in total. The molecular weight excluding hydrogens is 374 g/mol. The molecule has 5 nitrogen and oxygen atoms in total. The number of cyclic esters (lactones) is 1. The van der Waals surface area contributed by atoms with Crippen molar-refractivity contribution in [2.45, 2.75) is 25.7 Å². The van der Waals surface area contributed by atoms with Crippen molar-refractivity contribution >= 4 is 28.2 Å². The standard InChI is InChI=1S/C22H23NO4S/c1-14-8-16-13-27-21(25)22(16,11-14)12-18-6-7-20(28-18)23-19(24)10-15-4-3-5-17(9-15)26-2/h3-7,9,16H,1,8,10-13H2,2H3,(H,23,24). The highest BCUT2D eigenvalue weighted by Crippen LogP contribution is 2.53. The molecule has 2 fully saturated rings. The highest BCUT2D eigenvalue weighted by atomic mass is 32.1. The maximum absolute atomic E-state index is 12.4. The van der Waals surface area contributed by atoms with E-state index < -0.39 is 5.41 Å². The van der Waals surface area contributed by atoms with Crippen LogP contribution < -0.4 is 10.1 Å². The monoisotopic (exact) mass is 397 g/mol. The van der Waals surface area contributed by atoms with Crippen molar-refractivity contribution in [2.24, 2.45) is 11.3 Å². The minimum Gasteiger partial charge on any atom is -0.497 e. The molecule has 146 valence electrons. The number of esters is 1. The number of carbonyl (C=O) groups excluding carboxylic acids is 2. The van der Waals surface area contributed by atoms with Crippen molar-refractivity contribution in [3.05, 3.63) is 59.0 Å². The van der Waals surface area contributed by atoms with Gasteiger partial charge in [-0.2, -0.15) is 0 Å². The van der Waals surface area contributed by atoms with Crippen molar-refractivity contribution in [3.8, 4) is 5.75 Å². The molecule has 2 heterocycles. The smallest absolute Gasteiger partial charge is 0.313 e. The average molecular weight is 397 g/mol. The third-order valence-corrected chi connectivity index (χ3v) is 6.62. The number of allylic oxidation sites excluding steroid dienone is 1. The van der Waals surface area contributed by atoms with Crippen LogP contribution in [0.1, 0.15) is 23.3 Å². The summed E-state index contributed by atoms with van der Waals surface area (Å²) in [5, 5.41) is 3.75. The van der Waals surface area contributed by atoms with Gasteiger partial charge in [-0.1, -0.05) is 24.3 Å². The Balaban J connectivity index is 1.41. The summed E-state index contributed by atoms with van der Waals surface area (Å²) in [6.45, 7) is 4.58. The number of thiophene rings is 1. The van der Waals surface area contributed by atoms with Gasteiger partial charge in [0.15, 0.2) is 0 Å². The highest BCUT2D eigenvalue weighted by Gasteiger charge is 2.56. The molecule has 6 heteroatoms. The molecule has 4 rings (SSSR count). The molecule has 1 amide bonds. The number of anilines is 1. The molecular formula is C22H23NO4S. The van der Waals surface area contributed by atoms with Crippen LogP contribution in [0.4, 0.5) is 5.00 Å². The van der Waals surface area contributed by atoms with E-state index >= 15 is 0 Å². The van der Waals surface area contributed by atoms with E-state index in [0.717, 1.165) is 33.2 Å². The van der Waals surface area contributed by atoms with E-state index in [0.29, 0.717) is 19.4 Å². The minimum atomic E-state index is -0.468. The lowest BCUT2D eigenvalue weighted by Crippen LogP contribution is -2.31. The number of rotatable bonds is 6. The van der Waals surface area contributed by atoms with Gasteiger partial charge in [-0.15, -0.1) is 11.3 Å². The fourth-order valence-electron chi connectivity index (χ4n) is 4.26. The van der Waals surface area contributed by atoms with Crippen LogP contribution in [0, 0.1) is 11.3 Å². The van der Waals surface area contributed by atoms with E-state index in [9.17, 15) is 9.59 Å². The number of hydrogen-bond donors (Lipinski definition) is 1. The first-order chi connectivity index (χ1) is 13.5. The number of benzene rings is 1. The second-order valence-corrected chi connectivity index (χ2v) is 8.77. The molecule has 2 unspecified atom stereocenters. The number of ether oxygens (including phenoxy) is 2. The van der Waals surface area contributed by atoms with E-state index in [1.54, 1.807) is 7.11 Å². The molecule has 1 aliphatic heterocycles. The predicted molar refractivity (Wildman–Crippen MR) is 109 cm³/mol. The van der Waals surface area contributed by atoms with Crippen LogP contribution in [-0.4, -0.2) is 25.6 Å². The first-order valence-electron chi connectivity index (χ1n) is 9.34. The third-order valence-electron chi connectivity index (χ3n) is 5.62. The van der Waals surface area contributed by atoms with Gasteiger partial charge in [-0.25, -0.2) is 0 Å². The fourth-order valence-corrected chi connectivity index (χ4v) is 5.31. The maximum atomic E-state index is 12.4. The lowest BCUT2D eigenvalue weighted by Gasteiger charge is -2.22. The van der Waals surface area contributed by atoms with E-state index in [1.165, 1.54) is 11.3 Å². The zero-order chi connectivity index (χ0) is 19.7. The van der Waals surface area contributed by atoms with Gasteiger partial charge in [0.25, 0.3) is 0 Å². The largest absolute Gasteiger partial charge is 0.497 e. The number of hydrogen-bond acceptors (Lipinski definition) is 5. The second-order valence-electron chi connectivity index (χ2n) is 7.60. The Morgan fingerprint density at radius 2 is 2.25 bits per heavy atom. The van der Waals surface area contributed by atoms with Crippen molar-refractivity contribution in [2.75, 3.05) is 19.0 Å². The van der Waals surface area contributed by atoms with E-state index in [4.69, 9.17) is 9.47 Å². The summed E-state index contributed by atoms with van der Waals surface area (Å²) in [6.07, 6.45) is 2.49. The van der Waals surface area contributed by atoms with Gasteiger partial charge in [0, 0.05) is 10.8 Å². The molecule has 1 aromatic heterocycles. The Morgan fingerprint density at radius 1 is 1.39 bits per heavy atom. The molecule has 1 saturated heterocycles. The summed E-state index contributed by atoms with van der Waals surface area (Å²) in [5.74, 6) is 0.778. The van der Waals surface area contributed by atoms with Crippen molar-refractivity contribution in [1.29, 1.82) is 0 Å². The Labute approximate surface area is 168 Å². The number of nitrogens with one attached hydrogen (secondary N) is 1. The van der Waals surface area contributed by atoms with Crippen LogP contribution in [0.2, 0.25) is 0 Å². The molecule has 28 heavy (non-hydrogen) atoms. The number of methoxy groups -OCH3 is 1. The molecule has 1 aromatic carbocycles. The SMILES string of the molecule is C=C1CC2COC(=O)C2(Cc2ccc(NC(=O)Cc3cccc(OC)c3)s2)C1. The molecule has 2 aromatic rings. The van der Waals surface area contributed by atoms with Crippen molar-refractivity contribution < 1.29 is 19.1 Å². The lowest BCUT2D eigenvalue weighted by molar-refractivity contribution is -0.146. The molecule has 2 aliphatic rings. The Morgan fingerprint density at radius 3 is 3.07 bits per heavy atom. The van der Waals surface area contributed by atoms with Gasteiger partial charge >= 0.3 is 5.97 Å². The van der Waals surface area contributed by atoms with Gasteiger partial charge in [0.05, 0.1) is 30.6 Å². The average Bonchev–Trinajstić information content (AvgIpc) is 3.31. The zero-order valence-electron chi connectivity index (χ0n) is 15.8. The summed E-state index contributed by atoms with van der Waals surface area (Å²) in [5.41, 5.74) is 1.56. The van der Waals surface area contributed by atoms with Crippen LogP contribution in [0.5, 0.6) is 5.75 Å². The van der Waals surface area contributed by atoms with Gasteiger partial charge in [-0.05, 0) is 49.1 Å². The first kappa shape index (κ1) is 18.7. The summed E-state index contributed by atoms with van der Waals surface area (Å²) < 4.78 is 10.5. The summed E-state index contributed by atoms with van der Waals surface area (Å²) in [4.78, 5) is 25.9. The molecule has 0 radical (unpaired) electrons. The Bertz CT molecular complexity index is 934. The normalized spacial score (nSPS) is 23.4. The van der Waals surface area contributed by atoms with E-state index in [2.05, 4.69) is 11.9 Å². The lowest BCUT2D eigenvalue weighted by atomic mass is 9.77. The van der Waals surface area contributed by atoms with E-state index in [1.807, 2.05) is 36.4 Å². The highest BCUT2D eigenvalue weighted by molar-refractivity contribution is 7.16. The number of carbonyl (C=O) groups is 2. The summed E-state index contributed by atoms with van der Waals surface area (Å²) in [7, 11) is 1.61. The fraction of sp³-hybridized carbons (Fsp3) is 0.364. The van der Waals surface area contributed by atoms with Gasteiger partial charge in [0.2, 0.25) is 5.91 Å². The molecule has 2 atom stereocenters. The van der Waals surface area contributed by atoms with Crippen LogP contribution in [0.15, 0.2) is 48.6 Å². The molecule has 0 spiro atoms. The number of amides is 1. The third kappa shape index (κ3) is 3.56. The maximum Gasteiger partial charge on any atom is 0.313 e. The van der Waals surface area contributed by atoms with Crippen LogP contribution >= 0.6 is 11.3 Å². The minimum absolute atomic E-state index is 0.0767. The second kappa shape index (κ2) is 7.43. The van der Waals surface area contributed by atoms with Crippen molar-refractivity contribution in [1.82, 2.24) is 0 Å². The quantitative estimate of drug-likeness (QED) is 0.591. The summed E-state index contributed by atoms with van der Waals surface area (Å²) >= 11 is 1.52. The predicted octanol–water partition coefficient (Wildman–Crippen LogP) is 3.99. The molecule has 1 saturated carbocycles. The van der Waals surface area contributed by atoms with Crippen LogP contribution in [0.3, 0.4) is 0 Å². The van der Waals surface area contributed by atoms with Crippen molar-refractivity contribution in [3.63, 3.8) is 0 Å². The number of fused-ring (bicyclic) bond motifs is 1. The Kier molecular flexibility index (Phi) is 4.98. The molecule has 1 aliphatic carbocycles.